The van der Waals surface area contributed by atoms with E-state index in [0.29, 0.717) is 11.1 Å². The summed E-state index contributed by atoms with van der Waals surface area (Å²) >= 11 is 0. The van der Waals surface area contributed by atoms with Crippen LogP contribution in [-0.4, -0.2) is 32.4 Å². The fourth-order valence-electron chi connectivity index (χ4n) is 1.97. The van der Waals surface area contributed by atoms with Crippen molar-refractivity contribution in [3.8, 4) is 0 Å². The Morgan fingerprint density at radius 2 is 1.26 bits per heavy atom. The van der Waals surface area contributed by atoms with Crippen LogP contribution in [-0.2, 0) is 31.9 Å². The van der Waals surface area contributed by atoms with E-state index in [0.717, 1.165) is 11.8 Å². The normalized spacial score (nSPS) is 9.81. The molecule has 2 aromatic carbocycles. The Balaban J connectivity index is 0.000000271. The summed E-state index contributed by atoms with van der Waals surface area (Å²) in [4.78, 5) is 32.0. The molecule has 0 amide bonds. The van der Waals surface area contributed by atoms with Gasteiger partial charge in [-0.05, 0) is 11.1 Å². The van der Waals surface area contributed by atoms with Crippen molar-refractivity contribution in [3.63, 3.8) is 0 Å². The molecule has 0 saturated heterocycles. The summed E-state index contributed by atoms with van der Waals surface area (Å²) in [6.45, 7) is 0. The molecule has 5 nitrogen and oxygen atoms in total. The van der Waals surface area contributed by atoms with Crippen molar-refractivity contribution in [2.24, 2.45) is 0 Å². The van der Waals surface area contributed by atoms with E-state index in [2.05, 4.69) is 9.47 Å². The van der Waals surface area contributed by atoms with Gasteiger partial charge in [0.05, 0.1) is 27.1 Å². The first kappa shape index (κ1) is 22.0. The molecule has 0 fully saturated rings. The van der Waals surface area contributed by atoms with Crippen molar-refractivity contribution in [2.75, 3.05) is 14.2 Å². The van der Waals surface area contributed by atoms with Crippen LogP contribution in [0.1, 0.15) is 33.5 Å². The molecule has 0 aliphatic rings. The van der Waals surface area contributed by atoms with Gasteiger partial charge in [-0.3, -0.25) is 14.4 Å². The maximum absolute atomic E-state index is 12.1. The number of hydrogen-bond acceptors (Lipinski definition) is 5. The lowest BCUT2D eigenvalue weighted by molar-refractivity contribution is -0.140. The van der Waals surface area contributed by atoms with Crippen LogP contribution in [0.3, 0.4) is 0 Å². The molecule has 0 unspecified atom stereocenters. The van der Waals surface area contributed by atoms with Gasteiger partial charge >= 0.3 is 11.9 Å². The Kier molecular flexibility index (Phi) is 9.36. The van der Waals surface area contributed by atoms with Gasteiger partial charge in [0, 0.05) is 11.1 Å². The van der Waals surface area contributed by atoms with Crippen molar-refractivity contribution in [1.29, 1.82) is 0 Å². The molecule has 0 spiro atoms. The first-order chi connectivity index (χ1) is 12.9. The highest BCUT2D eigenvalue weighted by molar-refractivity contribution is 5.76. The minimum absolute atomic E-state index is 0.0429. The maximum Gasteiger partial charge on any atom is 0.309 e. The van der Waals surface area contributed by atoms with E-state index in [4.69, 9.17) is 0 Å². The largest absolute Gasteiger partial charge is 0.469 e. The van der Waals surface area contributed by atoms with Crippen LogP contribution in [0.15, 0.2) is 48.5 Å². The third-order valence-corrected chi connectivity index (χ3v) is 3.50. The first-order valence-electron chi connectivity index (χ1n) is 7.94. The second-order valence-electron chi connectivity index (χ2n) is 5.41. The third kappa shape index (κ3) is 8.22. The van der Waals surface area contributed by atoms with Crippen molar-refractivity contribution < 1.29 is 32.6 Å². The zero-order valence-corrected chi connectivity index (χ0v) is 15.0. The molecule has 0 heterocycles. The molecule has 2 rings (SSSR count). The van der Waals surface area contributed by atoms with E-state index in [1.165, 1.54) is 38.5 Å². The van der Waals surface area contributed by atoms with Crippen molar-refractivity contribution in [1.82, 2.24) is 0 Å². The van der Waals surface area contributed by atoms with E-state index in [9.17, 15) is 23.2 Å². The Hall–Kier alpha value is -3.09. The van der Waals surface area contributed by atoms with Crippen LogP contribution in [0.4, 0.5) is 8.78 Å². The number of halogens is 2. The van der Waals surface area contributed by atoms with Gasteiger partial charge in [0.2, 0.25) is 0 Å². The Bertz CT molecular complexity index is 740. The quantitative estimate of drug-likeness (QED) is 0.568. The highest BCUT2D eigenvalue weighted by Crippen LogP contribution is 2.18. The third-order valence-electron chi connectivity index (χ3n) is 3.50. The van der Waals surface area contributed by atoms with E-state index >= 15 is 0 Å². The molecular weight excluding hydrogens is 358 g/mol. The summed E-state index contributed by atoms with van der Waals surface area (Å²) in [5.74, 6) is -0.659. The lowest BCUT2D eigenvalue weighted by atomic mass is 10.1. The van der Waals surface area contributed by atoms with Crippen LogP contribution in [0.25, 0.3) is 0 Å². The predicted octanol–water partition coefficient (Wildman–Crippen LogP) is 3.55. The van der Waals surface area contributed by atoms with Gasteiger partial charge in [0.15, 0.2) is 0 Å². The second-order valence-corrected chi connectivity index (χ2v) is 5.41. The SMILES string of the molecule is COC(=O)Cc1ccc(C(F)F)cc1.COC(=O)Cc1ccc(C=O)cc1. The van der Waals surface area contributed by atoms with Crippen LogP contribution in [0.2, 0.25) is 0 Å². The van der Waals surface area contributed by atoms with E-state index < -0.39 is 6.43 Å². The first-order valence-corrected chi connectivity index (χ1v) is 7.94. The number of carbonyl (C=O) groups excluding carboxylic acids is 3. The summed E-state index contributed by atoms with van der Waals surface area (Å²) in [5, 5.41) is 0. The average molecular weight is 378 g/mol. The van der Waals surface area contributed by atoms with Gasteiger partial charge in [-0.1, -0.05) is 48.5 Å². The molecule has 0 bridgehead atoms. The van der Waals surface area contributed by atoms with Gasteiger partial charge in [0.25, 0.3) is 6.43 Å². The standard InChI is InChI=1S/C10H10F2O2.C10H10O3/c1-14-9(13)6-7-2-4-8(5-3-7)10(11)12;1-13-10(12)6-8-2-4-9(7-11)5-3-8/h2-5,10H,6H2,1H3;2-5,7H,6H2,1H3. The highest BCUT2D eigenvalue weighted by atomic mass is 19.3. The summed E-state index contributed by atoms with van der Waals surface area (Å²) in [7, 11) is 2.64. The zero-order chi connectivity index (χ0) is 20.2. The molecule has 0 atom stereocenters. The van der Waals surface area contributed by atoms with Crippen molar-refractivity contribution >= 4 is 18.2 Å². The molecular formula is C20H20F2O5. The van der Waals surface area contributed by atoms with Crippen LogP contribution < -0.4 is 0 Å². The number of benzene rings is 2. The zero-order valence-electron chi connectivity index (χ0n) is 15.0. The number of rotatable bonds is 6. The van der Waals surface area contributed by atoms with Gasteiger partial charge in [-0.25, -0.2) is 8.78 Å². The number of hydrogen-bond donors (Lipinski definition) is 0. The van der Waals surface area contributed by atoms with Crippen LogP contribution >= 0.6 is 0 Å². The molecule has 7 heteroatoms. The highest BCUT2D eigenvalue weighted by Gasteiger charge is 2.07. The summed E-state index contributed by atoms with van der Waals surface area (Å²) < 4.78 is 33.2. The molecule has 0 radical (unpaired) electrons. The van der Waals surface area contributed by atoms with Crippen molar-refractivity contribution in [2.45, 2.75) is 19.3 Å². The second kappa shape index (κ2) is 11.5. The number of carbonyl (C=O) groups is 3. The number of methoxy groups -OCH3 is 2. The van der Waals surface area contributed by atoms with Crippen LogP contribution in [0, 0.1) is 0 Å². The molecule has 27 heavy (non-hydrogen) atoms. The van der Waals surface area contributed by atoms with Crippen molar-refractivity contribution in [3.05, 3.63) is 70.8 Å². The van der Waals surface area contributed by atoms with E-state index in [1.54, 1.807) is 24.3 Å². The topological polar surface area (TPSA) is 69.7 Å². The molecule has 0 aromatic heterocycles. The number of alkyl halides is 2. The fourth-order valence-corrected chi connectivity index (χ4v) is 1.97. The predicted molar refractivity (Wildman–Crippen MR) is 94.7 cm³/mol. The molecule has 2 aromatic rings. The number of ether oxygens (including phenoxy) is 2. The lowest BCUT2D eigenvalue weighted by Gasteiger charge is -2.02. The minimum Gasteiger partial charge on any atom is -0.469 e. The minimum atomic E-state index is -2.47. The summed E-state index contributed by atoms with van der Waals surface area (Å²) in [5.41, 5.74) is 2.07. The Morgan fingerprint density at radius 1 is 0.852 bits per heavy atom. The van der Waals surface area contributed by atoms with Gasteiger partial charge in [-0.15, -0.1) is 0 Å². The summed E-state index contributed by atoms with van der Waals surface area (Å²) in [6, 6.07) is 12.4. The Labute approximate surface area is 155 Å². The lowest BCUT2D eigenvalue weighted by Crippen LogP contribution is -2.04. The van der Waals surface area contributed by atoms with E-state index in [-0.39, 0.29) is 30.3 Å². The monoisotopic (exact) mass is 378 g/mol. The number of aldehydes is 1. The molecule has 0 aliphatic heterocycles. The summed E-state index contributed by atoms with van der Waals surface area (Å²) in [6.07, 6.45) is -1.35. The molecule has 0 saturated carbocycles. The smallest absolute Gasteiger partial charge is 0.309 e. The van der Waals surface area contributed by atoms with Gasteiger partial charge in [0.1, 0.15) is 6.29 Å². The van der Waals surface area contributed by atoms with Crippen LogP contribution in [0.5, 0.6) is 0 Å². The van der Waals surface area contributed by atoms with E-state index in [1.807, 2.05) is 0 Å². The Morgan fingerprint density at radius 3 is 1.59 bits per heavy atom. The average Bonchev–Trinajstić information content (AvgIpc) is 2.69. The van der Waals surface area contributed by atoms with Gasteiger partial charge in [-0.2, -0.15) is 0 Å². The molecule has 0 aliphatic carbocycles. The molecule has 144 valence electrons. The maximum atomic E-state index is 12.1. The number of esters is 2. The van der Waals surface area contributed by atoms with Gasteiger partial charge < -0.3 is 9.47 Å². The fraction of sp³-hybridized carbons (Fsp3) is 0.250. The molecule has 0 N–H and O–H groups in total.